The number of aliphatic carboxylic acids is 1. The fourth-order valence-corrected chi connectivity index (χ4v) is 2.39. The van der Waals surface area contributed by atoms with Crippen molar-refractivity contribution in [1.29, 1.82) is 0 Å². The molecule has 1 N–H and O–H groups in total. The first kappa shape index (κ1) is 13.8. The number of nitrogens with zero attached hydrogens (tertiary/aromatic N) is 1. The van der Waals surface area contributed by atoms with Crippen LogP contribution in [0.5, 0.6) is 0 Å². The van der Waals surface area contributed by atoms with Crippen molar-refractivity contribution in [1.82, 2.24) is 4.57 Å². The number of carboxylic acids is 1. The van der Waals surface area contributed by atoms with Gasteiger partial charge >= 0.3 is 5.97 Å². The van der Waals surface area contributed by atoms with E-state index in [1.165, 1.54) is 6.08 Å². The molecule has 1 aromatic heterocycles. The first-order valence-electron chi connectivity index (χ1n) is 6.77. The van der Waals surface area contributed by atoms with Crippen molar-refractivity contribution < 1.29 is 14.7 Å². The van der Waals surface area contributed by atoms with Gasteiger partial charge in [-0.25, -0.2) is 4.79 Å². The molecule has 22 heavy (non-hydrogen) atoms. The van der Waals surface area contributed by atoms with Gasteiger partial charge in [0.1, 0.15) is 0 Å². The Morgan fingerprint density at radius 2 is 1.73 bits per heavy atom. The minimum atomic E-state index is -1.00. The molecule has 108 valence electrons. The Kier molecular flexibility index (Phi) is 3.58. The molecule has 0 fully saturated rings. The molecule has 0 amide bonds. The number of carbonyl (C=O) groups is 2. The molecule has 3 rings (SSSR count). The number of benzene rings is 2. The molecule has 0 radical (unpaired) electrons. The predicted octanol–water partition coefficient (Wildman–Crippen LogP) is 3.43. The van der Waals surface area contributed by atoms with Gasteiger partial charge in [0.25, 0.3) is 5.91 Å². The Hall–Kier alpha value is -3.14. The number of hydrogen-bond donors (Lipinski definition) is 1. The van der Waals surface area contributed by atoms with Crippen LogP contribution in [-0.2, 0) is 4.79 Å². The van der Waals surface area contributed by atoms with Gasteiger partial charge in [0, 0.05) is 23.2 Å². The van der Waals surface area contributed by atoms with E-state index in [2.05, 4.69) is 0 Å². The fourth-order valence-electron chi connectivity index (χ4n) is 2.39. The zero-order valence-corrected chi connectivity index (χ0v) is 11.6. The molecule has 0 unspecified atom stereocenters. The Bertz CT molecular complexity index is 876. The summed E-state index contributed by atoms with van der Waals surface area (Å²) in [4.78, 5) is 23.2. The van der Waals surface area contributed by atoms with Crippen LogP contribution in [0, 0.1) is 0 Å². The van der Waals surface area contributed by atoms with Crippen LogP contribution in [0.4, 0.5) is 0 Å². The zero-order chi connectivity index (χ0) is 15.5. The third-order valence-corrected chi connectivity index (χ3v) is 3.41. The minimum Gasteiger partial charge on any atom is -0.478 e. The Morgan fingerprint density at radius 1 is 0.955 bits per heavy atom. The maximum Gasteiger partial charge on any atom is 0.328 e. The van der Waals surface area contributed by atoms with E-state index in [4.69, 9.17) is 5.11 Å². The highest BCUT2D eigenvalue weighted by molar-refractivity contribution is 6.04. The van der Waals surface area contributed by atoms with Crippen molar-refractivity contribution in [2.75, 3.05) is 0 Å². The number of carbonyl (C=O) groups excluding carboxylic acids is 1. The number of aromatic nitrogens is 1. The zero-order valence-electron chi connectivity index (χ0n) is 11.6. The molecule has 0 atom stereocenters. The third-order valence-electron chi connectivity index (χ3n) is 3.41. The van der Waals surface area contributed by atoms with Crippen molar-refractivity contribution in [2.45, 2.75) is 0 Å². The van der Waals surface area contributed by atoms with E-state index in [1.807, 2.05) is 36.4 Å². The Labute approximate surface area is 126 Å². The van der Waals surface area contributed by atoms with E-state index in [9.17, 15) is 9.59 Å². The Balaban J connectivity index is 2.08. The molecule has 0 aliphatic rings. The third kappa shape index (κ3) is 2.54. The van der Waals surface area contributed by atoms with E-state index >= 15 is 0 Å². The van der Waals surface area contributed by atoms with Crippen molar-refractivity contribution in [3.05, 3.63) is 78.0 Å². The average Bonchev–Trinajstić information content (AvgIpc) is 2.97. The van der Waals surface area contributed by atoms with Gasteiger partial charge in [0.2, 0.25) is 0 Å². The number of carboxylic acid groups (broad SMARTS) is 1. The van der Waals surface area contributed by atoms with Gasteiger partial charge in [-0.2, -0.15) is 0 Å². The normalized spacial score (nSPS) is 11.1. The van der Waals surface area contributed by atoms with Crippen LogP contribution >= 0.6 is 0 Å². The number of hydrogen-bond acceptors (Lipinski definition) is 2. The van der Waals surface area contributed by atoms with Crippen LogP contribution in [0.25, 0.3) is 17.0 Å². The smallest absolute Gasteiger partial charge is 0.328 e. The van der Waals surface area contributed by atoms with Crippen molar-refractivity contribution in [3.63, 3.8) is 0 Å². The lowest BCUT2D eigenvalue weighted by Gasteiger charge is -2.05. The summed E-state index contributed by atoms with van der Waals surface area (Å²) < 4.78 is 1.57. The molecule has 1 heterocycles. The standard InChI is InChI=1S/C18H13NO3/c20-17(21)10-9-13-7-4-8-16-15(13)11-12-19(16)18(22)14-5-2-1-3-6-14/h1-12H,(H,20,21)/b10-9+. The maximum absolute atomic E-state index is 12.5. The van der Waals surface area contributed by atoms with E-state index in [0.717, 1.165) is 22.5 Å². The van der Waals surface area contributed by atoms with Crippen molar-refractivity contribution in [3.8, 4) is 0 Å². The van der Waals surface area contributed by atoms with Gasteiger partial charge in [-0.05, 0) is 35.9 Å². The fraction of sp³-hybridized carbons (Fsp3) is 0. The summed E-state index contributed by atoms with van der Waals surface area (Å²) in [7, 11) is 0. The van der Waals surface area contributed by atoms with Gasteiger partial charge in [0.05, 0.1) is 5.52 Å². The molecule has 0 aliphatic heterocycles. The summed E-state index contributed by atoms with van der Waals surface area (Å²) >= 11 is 0. The number of fused-ring (bicyclic) bond motifs is 1. The van der Waals surface area contributed by atoms with Crippen LogP contribution in [0.2, 0.25) is 0 Å². The van der Waals surface area contributed by atoms with Gasteiger partial charge in [-0.1, -0.05) is 30.3 Å². The molecule has 0 spiro atoms. The quantitative estimate of drug-likeness (QED) is 0.752. The lowest BCUT2D eigenvalue weighted by molar-refractivity contribution is -0.131. The molecule has 3 aromatic rings. The largest absolute Gasteiger partial charge is 0.478 e. The lowest BCUT2D eigenvalue weighted by atomic mass is 10.1. The summed E-state index contributed by atoms with van der Waals surface area (Å²) in [6.45, 7) is 0. The molecule has 0 aliphatic carbocycles. The van der Waals surface area contributed by atoms with Crippen LogP contribution in [-0.4, -0.2) is 21.6 Å². The highest BCUT2D eigenvalue weighted by Crippen LogP contribution is 2.22. The first-order valence-corrected chi connectivity index (χ1v) is 6.77. The van der Waals surface area contributed by atoms with Gasteiger partial charge in [-0.3, -0.25) is 9.36 Å². The van der Waals surface area contributed by atoms with E-state index < -0.39 is 5.97 Å². The van der Waals surface area contributed by atoms with E-state index in [1.54, 1.807) is 29.0 Å². The van der Waals surface area contributed by atoms with Crippen molar-refractivity contribution in [2.24, 2.45) is 0 Å². The van der Waals surface area contributed by atoms with E-state index in [-0.39, 0.29) is 5.91 Å². The summed E-state index contributed by atoms with van der Waals surface area (Å²) in [5.74, 6) is -1.12. The topological polar surface area (TPSA) is 59.3 Å². The molecule has 0 saturated carbocycles. The highest BCUT2D eigenvalue weighted by Gasteiger charge is 2.12. The second kappa shape index (κ2) is 5.69. The van der Waals surface area contributed by atoms with E-state index in [0.29, 0.717) is 5.56 Å². The molecule has 0 bridgehead atoms. The molecular weight excluding hydrogens is 278 g/mol. The lowest BCUT2D eigenvalue weighted by Crippen LogP contribution is -2.10. The predicted molar refractivity (Wildman–Crippen MR) is 84.8 cm³/mol. The summed E-state index contributed by atoms with van der Waals surface area (Å²) in [6.07, 6.45) is 4.32. The summed E-state index contributed by atoms with van der Waals surface area (Å²) in [5, 5.41) is 9.58. The van der Waals surface area contributed by atoms with Crippen LogP contribution in [0.15, 0.2) is 66.9 Å². The minimum absolute atomic E-state index is 0.116. The summed E-state index contributed by atoms with van der Waals surface area (Å²) in [5.41, 5.74) is 2.12. The highest BCUT2D eigenvalue weighted by atomic mass is 16.4. The van der Waals surface area contributed by atoms with Gasteiger partial charge < -0.3 is 5.11 Å². The molecule has 0 saturated heterocycles. The van der Waals surface area contributed by atoms with Crippen molar-refractivity contribution >= 4 is 28.9 Å². The second-order valence-electron chi connectivity index (χ2n) is 4.81. The average molecular weight is 291 g/mol. The van der Waals surface area contributed by atoms with Gasteiger partial charge in [0.15, 0.2) is 0 Å². The second-order valence-corrected chi connectivity index (χ2v) is 4.81. The summed E-state index contributed by atoms with van der Waals surface area (Å²) in [6, 6.07) is 16.3. The Morgan fingerprint density at radius 3 is 2.45 bits per heavy atom. The molecule has 4 heteroatoms. The monoisotopic (exact) mass is 291 g/mol. The molecule has 2 aromatic carbocycles. The molecular formula is C18H13NO3. The molecule has 4 nitrogen and oxygen atoms in total. The van der Waals surface area contributed by atoms with Crippen LogP contribution < -0.4 is 0 Å². The van der Waals surface area contributed by atoms with Crippen LogP contribution in [0.1, 0.15) is 15.9 Å². The number of rotatable bonds is 3. The first-order chi connectivity index (χ1) is 10.7. The van der Waals surface area contributed by atoms with Crippen LogP contribution in [0.3, 0.4) is 0 Å². The SMILES string of the molecule is O=C(O)/C=C/c1cccc2c1ccn2C(=O)c1ccccc1. The van der Waals surface area contributed by atoms with Gasteiger partial charge in [-0.15, -0.1) is 0 Å². The maximum atomic E-state index is 12.5.